The van der Waals surface area contributed by atoms with Gasteiger partial charge in [0.25, 0.3) is 0 Å². The van der Waals surface area contributed by atoms with Crippen LogP contribution in [0.25, 0.3) is 26.5 Å². The molecule has 12 heteroatoms. The Kier molecular flexibility index (Phi) is 11.9. The van der Waals surface area contributed by atoms with Crippen LogP contribution in [0.2, 0.25) is 0 Å². The second-order valence-corrected chi connectivity index (χ2v) is 16.4. The molecule has 0 saturated heterocycles. The molecule has 0 saturated carbocycles. The van der Waals surface area contributed by atoms with Crippen LogP contribution in [0.1, 0.15) is 30.9 Å². The van der Waals surface area contributed by atoms with Crippen LogP contribution >= 0.6 is 18.9 Å². The maximum atomic E-state index is 9.93. The van der Waals surface area contributed by atoms with Crippen molar-refractivity contribution < 1.29 is 37.3 Å². The summed E-state index contributed by atoms with van der Waals surface area (Å²) in [5.41, 5.74) is 4.38. The van der Waals surface area contributed by atoms with Gasteiger partial charge >= 0.3 is 56.8 Å². The van der Waals surface area contributed by atoms with E-state index in [0.29, 0.717) is 0 Å². The Bertz CT molecular complexity index is 1330. The van der Waals surface area contributed by atoms with Crippen LogP contribution in [0.3, 0.4) is 0 Å². The van der Waals surface area contributed by atoms with Crippen molar-refractivity contribution in [2.75, 3.05) is 0 Å². The minimum absolute atomic E-state index is 0. The molecule has 3 heterocycles. The standard InChI is InChI=1S/C23H20NPS.C2H3N.CH3.6FH.Pd.Sb/c1-2-9-17(10-3-1)25-22(20-13-6-7-15-24-20)18-11-4-5-12-19(18)23(25)21-14-8-16-26-21;1-2-3;;;;;;;;;/h1-3,6-10,13-16H,4-5,11-12H2;1H3;1H3;6*1H;;/q;;-1;;;;;;;+2;+5/p-6. The van der Waals surface area contributed by atoms with Gasteiger partial charge in [0.05, 0.1) is 11.8 Å². The molecular formula is C26H26F6N2PPdSSb. The number of nitrogens with zero attached hydrogens (tertiary/aromatic N) is 2. The van der Waals surface area contributed by atoms with E-state index in [1.165, 1.54) is 53.8 Å². The zero-order chi connectivity index (χ0) is 26.5. The van der Waals surface area contributed by atoms with Gasteiger partial charge in [0.2, 0.25) is 0 Å². The number of halogens is 6. The fourth-order valence-corrected chi connectivity index (χ4v) is 8.12. The van der Waals surface area contributed by atoms with Crippen molar-refractivity contribution >= 4 is 38.3 Å². The molecule has 0 bridgehead atoms. The van der Waals surface area contributed by atoms with E-state index >= 15 is 0 Å². The number of thiophene rings is 1. The third kappa shape index (κ3) is 10.5. The monoisotopic (exact) mass is 770 g/mol. The fraction of sp³-hybridized carbons (Fsp3) is 0.192. The van der Waals surface area contributed by atoms with E-state index in [2.05, 4.69) is 60.0 Å². The van der Waals surface area contributed by atoms with Crippen molar-refractivity contribution in [2.45, 2.75) is 32.6 Å². The van der Waals surface area contributed by atoms with Gasteiger partial charge in [0.15, 0.2) is 0 Å². The van der Waals surface area contributed by atoms with Crippen LogP contribution in [0.5, 0.6) is 0 Å². The summed E-state index contributed by atoms with van der Waals surface area (Å²) in [6.07, 6.45) is 6.95. The molecule has 1 unspecified atom stereocenters. The first-order valence-corrected chi connectivity index (χ1v) is 19.0. The van der Waals surface area contributed by atoms with Crippen LogP contribution in [0, 0.1) is 18.8 Å². The van der Waals surface area contributed by atoms with Crippen LogP contribution in [0.15, 0.2) is 72.2 Å². The van der Waals surface area contributed by atoms with Gasteiger partial charge < -0.3 is 7.43 Å². The van der Waals surface area contributed by atoms with Crippen molar-refractivity contribution in [3.8, 4) is 32.5 Å². The van der Waals surface area contributed by atoms with Crippen LogP contribution in [-0.2, 0) is 33.3 Å². The molecular weight excluding hydrogens is 746 g/mol. The summed E-state index contributed by atoms with van der Waals surface area (Å²) in [6.45, 7) is 1.43. The summed E-state index contributed by atoms with van der Waals surface area (Å²) in [6, 6.07) is 23.7. The molecule has 38 heavy (non-hydrogen) atoms. The Morgan fingerprint density at radius 3 is 1.84 bits per heavy atom. The van der Waals surface area contributed by atoms with Gasteiger partial charge in [-0.05, 0) is 65.7 Å². The summed E-state index contributed by atoms with van der Waals surface area (Å²) in [5.74, 6) is 0. The van der Waals surface area contributed by atoms with Crippen LogP contribution in [0.4, 0.5) is 16.9 Å². The Morgan fingerprint density at radius 1 is 0.842 bits per heavy atom. The van der Waals surface area contributed by atoms with E-state index in [-0.39, 0.29) is 27.8 Å². The molecule has 1 aromatic carbocycles. The third-order valence-corrected chi connectivity index (χ3v) is 8.92. The molecule has 0 aliphatic heterocycles. The number of hydrogen-bond donors (Lipinski definition) is 0. The average Bonchev–Trinajstić information content (AvgIpc) is 3.45. The molecule has 0 N–H and O–H groups in total. The first kappa shape index (κ1) is 34.4. The van der Waals surface area contributed by atoms with E-state index in [4.69, 9.17) is 10.2 Å². The minimum atomic E-state index is -11.2. The Balaban J connectivity index is 0.000000523. The van der Waals surface area contributed by atoms with Gasteiger partial charge in [-0.3, -0.25) is 4.98 Å². The van der Waals surface area contributed by atoms with Crippen molar-refractivity contribution in [3.05, 3.63) is 90.8 Å². The number of hydrogen-bond acceptors (Lipinski definition) is 3. The second kappa shape index (κ2) is 13.2. The van der Waals surface area contributed by atoms with Gasteiger partial charge in [-0.25, -0.2) is 0 Å². The maximum Gasteiger partial charge on any atom is 2.00 e. The molecule has 1 aliphatic carbocycles. The number of nitriles is 1. The first-order valence-electron chi connectivity index (χ1n) is 10.9. The van der Waals surface area contributed by atoms with E-state index < -0.39 is 27.0 Å². The fourth-order valence-electron chi connectivity index (χ4n) is 4.09. The quantitative estimate of drug-likeness (QED) is 0.118. The number of aromatic nitrogens is 1. The van der Waals surface area contributed by atoms with E-state index in [0.717, 1.165) is 0 Å². The zero-order valence-electron chi connectivity index (χ0n) is 20.5. The van der Waals surface area contributed by atoms with E-state index in [1.807, 2.05) is 23.6 Å². The topological polar surface area (TPSA) is 36.7 Å². The van der Waals surface area contributed by atoms with Crippen LogP contribution in [-0.4, -0.2) is 24.5 Å². The minimum Gasteiger partial charge on any atom is -0.256 e. The van der Waals surface area contributed by atoms with Crippen molar-refractivity contribution in [3.63, 3.8) is 0 Å². The summed E-state index contributed by atoms with van der Waals surface area (Å²) in [7, 11) is -0.537. The molecule has 1 atom stereocenters. The number of rotatable bonds is 3. The predicted octanol–water partition coefficient (Wildman–Crippen LogP) is 10.4. The number of fused-ring (bicyclic) bond motifs is 1. The zero-order valence-corrected chi connectivity index (χ0v) is 26.4. The summed E-state index contributed by atoms with van der Waals surface area (Å²) >= 11 is -9.37. The molecule has 0 amide bonds. The molecule has 4 aromatic rings. The Morgan fingerprint density at radius 2 is 1.37 bits per heavy atom. The van der Waals surface area contributed by atoms with Gasteiger partial charge in [-0.2, -0.15) is 5.26 Å². The molecule has 2 nitrogen and oxygen atoms in total. The molecule has 5 rings (SSSR count). The third-order valence-electron chi connectivity index (χ3n) is 5.16. The van der Waals surface area contributed by atoms with Crippen molar-refractivity contribution in [1.29, 1.82) is 5.26 Å². The predicted molar refractivity (Wildman–Crippen MR) is 144 cm³/mol. The normalized spacial score (nSPS) is 14.2. The van der Waals surface area contributed by atoms with Crippen LogP contribution < -0.4 is 0 Å². The largest absolute Gasteiger partial charge is 2.00 e. The van der Waals surface area contributed by atoms with Gasteiger partial charge in [-0.1, -0.05) is 50.0 Å². The van der Waals surface area contributed by atoms with Crippen molar-refractivity contribution in [1.82, 2.24) is 4.98 Å². The molecule has 0 fully saturated rings. The molecule has 0 spiro atoms. The van der Waals surface area contributed by atoms with E-state index in [9.17, 15) is 16.9 Å². The number of benzene rings is 1. The summed E-state index contributed by atoms with van der Waals surface area (Å²) in [4.78, 5) is 6.22. The second-order valence-electron chi connectivity index (χ2n) is 7.91. The summed E-state index contributed by atoms with van der Waals surface area (Å²) < 4.78 is 59.6. The molecule has 3 aromatic heterocycles. The average molecular weight is 772 g/mol. The van der Waals surface area contributed by atoms with E-state index in [1.54, 1.807) is 22.5 Å². The Hall–Kier alpha value is -1.60. The maximum absolute atomic E-state index is 11.2. The smallest absolute Gasteiger partial charge is 0.256 e. The first-order chi connectivity index (χ1) is 16.8. The molecule has 208 valence electrons. The van der Waals surface area contributed by atoms with Crippen molar-refractivity contribution in [2.24, 2.45) is 0 Å². The molecule has 0 radical (unpaired) electrons. The van der Waals surface area contributed by atoms with Gasteiger partial charge in [0.1, 0.15) is 0 Å². The SMILES string of the molecule is CC#N.[CH3-].[F][Sb-]([F])([F])([F])([F])[F].[Pd+2].c1ccc(-p2c(-c3ccccn3)c3c(c2-c2cccs2)CCCC3)cc1. The Labute approximate surface area is 240 Å². The molecule has 1 aliphatic rings. The number of pyridine rings is 1. The van der Waals surface area contributed by atoms with Gasteiger partial charge in [-0.15, -0.1) is 11.3 Å². The van der Waals surface area contributed by atoms with Gasteiger partial charge in [0, 0.05) is 28.6 Å². The summed E-state index contributed by atoms with van der Waals surface area (Å²) in [5, 5.41) is 14.1.